The van der Waals surface area contributed by atoms with E-state index in [2.05, 4.69) is 39.8 Å². The first kappa shape index (κ1) is 20.4. The lowest BCUT2D eigenvalue weighted by Crippen LogP contribution is -2.21. The van der Waals surface area contributed by atoms with Crippen molar-refractivity contribution < 1.29 is 4.79 Å². The van der Waals surface area contributed by atoms with Crippen LogP contribution >= 0.6 is 11.3 Å². The van der Waals surface area contributed by atoms with E-state index in [0.717, 1.165) is 54.4 Å². The number of aromatic nitrogens is 4. The quantitative estimate of drug-likeness (QED) is 0.484. The highest BCUT2D eigenvalue weighted by Gasteiger charge is 2.24. The third-order valence-corrected chi connectivity index (χ3v) is 6.71. The molecule has 5 rings (SSSR count). The Morgan fingerprint density at radius 2 is 2.09 bits per heavy atom. The van der Waals surface area contributed by atoms with Crippen LogP contribution in [0.3, 0.4) is 0 Å². The second-order valence-electron chi connectivity index (χ2n) is 8.04. The number of hydrogen-bond acceptors (Lipinski definition) is 7. The zero-order valence-corrected chi connectivity index (χ0v) is 18.9. The minimum atomic E-state index is -0.506. The summed E-state index contributed by atoms with van der Waals surface area (Å²) in [5, 5.41) is 5.63. The molecule has 0 bridgehead atoms. The number of primary amides is 1. The molecule has 9 heteroatoms. The fourth-order valence-electron chi connectivity index (χ4n) is 4.25. The lowest BCUT2D eigenvalue weighted by molar-refractivity contribution is 0.100. The van der Waals surface area contributed by atoms with Crippen molar-refractivity contribution in [1.82, 2.24) is 19.4 Å². The molecule has 0 saturated carbocycles. The number of thiophene rings is 1. The van der Waals surface area contributed by atoms with Crippen molar-refractivity contribution >= 4 is 34.5 Å². The van der Waals surface area contributed by atoms with Crippen LogP contribution in [-0.2, 0) is 13.0 Å². The van der Waals surface area contributed by atoms with E-state index in [0.29, 0.717) is 23.6 Å². The fraction of sp³-hybridized carbons (Fsp3) is 0.304. The molecule has 0 unspecified atom stereocenters. The monoisotopic (exact) mass is 447 g/mol. The largest absolute Gasteiger partial charge is 0.365 e. The summed E-state index contributed by atoms with van der Waals surface area (Å²) in [7, 11) is 2.08. The van der Waals surface area contributed by atoms with Crippen LogP contribution in [0.4, 0.5) is 11.6 Å². The summed E-state index contributed by atoms with van der Waals surface area (Å²) in [6.07, 6.45) is 5.02. The van der Waals surface area contributed by atoms with Crippen LogP contribution in [0, 0.1) is 6.92 Å². The highest BCUT2D eigenvalue weighted by molar-refractivity contribution is 7.09. The number of pyridine rings is 1. The van der Waals surface area contributed by atoms with Gasteiger partial charge in [-0.15, -0.1) is 11.3 Å². The number of hydrogen-bond donors (Lipinski definition) is 2. The van der Waals surface area contributed by atoms with Gasteiger partial charge in [-0.3, -0.25) is 9.20 Å². The lowest BCUT2D eigenvalue weighted by atomic mass is 10.1. The summed E-state index contributed by atoms with van der Waals surface area (Å²) < 4.78 is 1.86. The average molecular weight is 448 g/mol. The molecule has 0 aromatic carbocycles. The standard InChI is InChI=1S/C23H25N7OS/c1-14-18(30-11-5-9-16(19(24)31)23(30)26-14)21-27-20(25-13-15-7-6-12-32-15)17-8-3-4-10-29(2)22(17)28-21/h5-7,9,11-12H,3-4,8,10,13H2,1-2H3,(H2,24,31)(H,25,27,28). The molecular formula is C23H25N7OS. The molecule has 1 aliphatic heterocycles. The molecule has 1 aliphatic rings. The molecule has 0 fully saturated rings. The van der Waals surface area contributed by atoms with E-state index >= 15 is 0 Å². The lowest BCUT2D eigenvalue weighted by Gasteiger charge is -2.21. The Bertz CT molecular complexity index is 1300. The Labute approximate surface area is 190 Å². The van der Waals surface area contributed by atoms with E-state index in [1.165, 1.54) is 4.88 Å². The molecule has 3 N–H and O–H groups in total. The number of amides is 1. The molecule has 0 radical (unpaired) electrons. The number of fused-ring (bicyclic) bond motifs is 2. The summed E-state index contributed by atoms with van der Waals surface area (Å²) in [6, 6.07) is 7.65. The molecule has 4 aromatic rings. The topological polar surface area (TPSA) is 101 Å². The van der Waals surface area contributed by atoms with Crippen molar-refractivity contribution in [2.24, 2.45) is 5.73 Å². The number of anilines is 2. The number of carbonyl (C=O) groups excluding carboxylic acids is 1. The Morgan fingerprint density at radius 1 is 1.22 bits per heavy atom. The van der Waals surface area contributed by atoms with Gasteiger partial charge in [-0.25, -0.2) is 15.0 Å². The predicted octanol–water partition coefficient (Wildman–Crippen LogP) is 3.64. The molecule has 0 spiro atoms. The molecule has 8 nitrogen and oxygen atoms in total. The van der Waals surface area contributed by atoms with Gasteiger partial charge in [-0.1, -0.05) is 6.07 Å². The molecular weight excluding hydrogens is 422 g/mol. The SMILES string of the molecule is Cc1nc2c(C(N)=O)cccn2c1-c1nc(NCc2cccs2)c2c(n1)N(C)CCCC2. The van der Waals surface area contributed by atoms with Crippen LogP contribution in [0.25, 0.3) is 17.2 Å². The molecule has 32 heavy (non-hydrogen) atoms. The van der Waals surface area contributed by atoms with Gasteiger partial charge < -0.3 is 16.0 Å². The van der Waals surface area contributed by atoms with Crippen molar-refractivity contribution in [3.05, 3.63) is 57.5 Å². The molecule has 1 amide bonds. The number of aryl methyl sites for hydroxylation is 1. The maximum Gasteiger partial charge on any atom is 0.252 e. The van der Waals surface area contributed by atoms with E-state index in [1.54, 1.807) is 23.5 Å². The number of nitrogens with zero attached hydrogens (tertiary/aromatic N) is 5. The Morgan fingerprint density at radius 3 is 2.88 bits per heavy atom. The summed E-state index contributed by atoms with van der Waals surface area (Å²) >= 11 is 1.72. The number of imidazole rings is 1. The van der Waals surface area contributed by atoms with Gasteiger partial charge >= 0.3 is 0 Å². The number of rotatable bonds is 5. The van der Waals surface area contributed by atoms with E-state index in [4.69, 9.17) is 15.7 Å². The molecule has 5 heterocycles. The number of nitrogens with two attached hydrogens (primary N) is 1. The maximum atomic E-state index is 11.9. The fourth-order valence-corrected chi connectivity index (χ4v) is 4.90. The van der Waals surface area contributed by atoms with E-state index in [9.17, 15) is 4.79 Å². The van der Waals surface area contributed by atoms with Crippen LogP contribution in [0.1, 0.15) is 39.3 Å². The van der Waals surface area contributed by atoms with E-state index in [-0.39, 0.29) is 0 Å². The third-order valence-electron chi connectivity index (χ3n) is 5.83. The first-order valence-corrected chi connectivity index (χ1v) is 11.6. The van der Waals surface area contributed by atoms with E-state index in [1.807, 2.05) is 17.5 Å². The molecule has 0 aliphatic carbocycles. The average Bonchev–Trinajstić information content (AvgIpc) is 3.37. The van der Waals surface area contributed by atoms with Gasteiger partial charge in [0.1, 0.15) is 23.0 Å². The van der Waals surface area contributed by atoms with Crippen LogP contribution in [0.15, 0.2) is 35.8 Å². The van der Waals surface area contributed by atoms with Crippen molar-refractivity contribution in [2.75, 3.05) is 23.8 Å². The van der Waals surface area contributed by atoms with Crippen LogP contribution < -0.4 is 16.0 Å². The van der Waals surface area contributed by atoms with Crippen molar-refractivity contribution in [1.29, 1.82) is 0 Å². The normalized spacial score (nSPS) is 13.8. The first-order chi connectivity index (χ1) is 15.5. The van der Waals surface area contributed by atoms with Crippen molar-refractivity contribution in [3.63, 3.8) is 0 Å². The van der Waals surface area contributed by atoms with Crippen molar-refractivity contribution in [3.8, 4) is 11.5 Å². The summed E-state index contributed by atoms with van der Waals surface area (Å²) in [5.74, 6) is 1.87. The van der Waals surface area contributed by atoms with Crippen LogP contribution in [0.2, 0.25) is 0 Å². The molecule has 4 aromatic heterocycles. The van der Waals surface area contributed by atoms with Gasteiger partial charge in [0.2, 0.25) is 0 Å². The Hall–Kier alpha value is -3.46. The summed E-state index contributed by atoms with van der Waals surface area (Å²) in [6.45, 7) is 3.57. The van der Waals surface area contributed by atoms with Gasteiger partial charge in [-0.2, -0.15) is 0 Å². The molecule has 0 atom stereocenters. The second kappa shape index (κ2) is 8.23. The van der Waals surface area contributed by atoms with E-state index < -0.39 is 5.91 Å². The molecule has 164 valence electrons. The highest BCUT2D eigenvalue weighted by atomic mass is 32.1. The first-order valence-electron chi connectivity index (χ1n) is 10.7. The van der Waals surface area contributed by atoms with Gasteiger partial charge in [-0.05, 0) is 49.8 Å². The summed E-state index contributed by atoms with van der Waals surface area (Å²) in [5.41, 5.74) is 9.14. The second-order valence-corrected chi connectivity index (χ2v) is 9.07. The summed E-state index contributed by atoms with van der Waals surface area (Å²) in [4.78, 5) is 30.0. The Balaban J connectivity index is 1.68. The van der Waals surface area contributed by atoms with Gasteiger partial charge in [0.05, 0.1) is 17.8 Å². The van der Waals surface area contributed by atoms with Crippen LogP contribution in [0.5, 0.6) is 0 Å². The van der Waals surface area contributed by atoms with Gasteiger partial charge in [0.25, 0.3) is 5.91 Å². The minimum Gasteiger partial charge on any atom is -0.365 e. The highest BCUT2D eigenvalue weighted by Crippen LogP contribution is 2.33. The number of carbonyl (C=O) groups is 1. The third kappa shape index (κ3) is 3.58. The Kier molecular flexibility index (Phi) is 5.26. The maximum absolute atomic E-state index is 11.9. The smallest absolute Gasteiger partial charge is 0.252 e. The molecule has 0 saturated heterocycles. The predicted molar refractivity (Wildman–Crippen MR) is 127 cm³/mol. The number of nitrogens with one attached hydrogen (secondary N) is 1. The van der Waals surface area contributed by atoms with Gasteiger partial charge in [0.15, 0.2) is 5.82 Å². The van der Waals surface area contributed by atoms with Crippen molar-refractivity contribution in [2.45, 2.75) is 32.7 Å². The van der Waals surface area contributed by atoms with Gasteiger partial charge in [0, 0.05) is 30.2 Å². The zero-order valence-electron chi connectivity index (χ0n) is 18.1. The zero-order chi connectivity index (χ0) is 22.2. The minimum absolute atomic E-state index is 0.379. The van der Waals surface area contributed by atoms with Crippen LogP contribution in [-0.4, -0.2) is 38.9 Å².